The van der Waals surface area contributed by atoms with Crippen LogP contribution < -0.4 is 10.6 Å². The van der Waals surface area contributed by atoms with Crippen molar-refractivity contribution in [1.29, 1.82) is 0 Å². The maximum Gasteiger partial charge on any atom is 0.434 e. The fourth-order valence-electron chi connectivity index (χ4n) is 2.72. The molecule has 2 rings (SSSR count). The molecule has 1 aromatic rings. The molecule has 1 aromatic heterocycles. The van der Waals surface area contributed by atoms with Crippen LogP contribution in [0.15, 0.2) is 10.4 Å². The van der Waals surface area contributed by atoms with Gasteiger partial charge in [-0.3, -0.25) is 4.99 Å². The second-order valence-electron chi connectivity index (χ2n) is 6.02. The molecule has 1 fully saturated rings. The zero-order valence-corrected chi connectivity index (χ0v) is 17.5. The number of rotatable bonds is 5. The number of aliphatic imine (C=N–C) groups is 1. The molecule has 2 N–H and O–H groups in total. The summed E-state index contributed by atoms with van der Waals surface area (Å²) < 4.78 is 37.6. The minimum absolute atomic E-state index is 0. The second kappa shape index (κ2) is 10.5. The van der Waals surface area contributed by atoms with Gasteiger partial charge in [0.15, 0.2) is 11.7 Å². The average molecular weight is 491 g/mol. The van der Waals surface area contributed by atoms with E-state index in [-0.39, 0.29) is 30.5 Å². The molecular weight excluding hydrogens is 466 g/mol. The quantitative estimate of drug-likeness (QED) is 0.378. The van der Waals surface area contributed by atoms with Crippen molar-refractivity contribution >= 4 is 41.3 Å². The number of hydrogen-bond acceptors (Lipinski definition) is 4. The predicted octanol–water partition coefficient (Wildman–Crippen LogP) is 3.18. The summed E-state index contributed by atoms with van der Waals surface area (Å²) in [7, 11) is 1.64. The molecule has 0 aromatic carbocycles. The van der Waals surface area contributed by atoms with Crippen molar-refractivity contribution in [2.24, 2.45) is 10.9 Å². The summed E-state index contributed by atoms with van der Waals surface area (Å²) in [5.41, 5.74) is -0.841. The van der Waals surface area contributed by atoms with Crippen LogP contribution in [0.2, 0.25) is 0 Å². The van der Waals surface area contributed by atoms with Crippen LogP contribution in [0.25, 0.3) is 0 Å². The van der Waals surface area contributed by atoms with E-state index in [9.17, 15) is 13.2 Å². The van der Waals surface area contributed by atoms with Crippen LogP contribution in [0.4, 0.5) is 13.2 Å². The van der Waals surface area contributed by atoms with Gasteiger partial charge < -0.3 is 15.5 Å². The normalized spacial score (nSPS) is 19.4. The average Bonchev–Trinajstić information content (AvgIpc) is 3.00. The van der Waals surface area contributed by atoms with Gasteiger partial charge in [-0.15, -0.1) is 35.3 Å². The van der Waals surface area contributed by atoms with Gasteiger partial charge in [-0.2, -0.15) is 13.2 Å². The monoisotopic (exact) mass is 491 g/mol. The Morgan fingerprint density at radius 3 is 2.80 bits per heavy atom. The number of piperidine rings is 1. The Hall–Kier alpha value is -0.620. The van der Waals surface area contributed by atoms with Crippen molar-refractivity contribution in [3.63, 3.8) is 0 Å². The summed E-state index contributed by atoms with van der Waals surface area (Å²) in [5.74, 6) is 1.31. The number of alkyl halides is 3. The Labute approximate surface area is 167 Å². The van der Waals surface area contributed by atoms with Crippen LogP contribution >= 0.6 is 35.3 Å². The number of aromatic nitrogens is 1. The summed E-state index contributed by atoms with van der Waals surface area (Å²) in [6.07, 6.45) is -1.86. The number of thiazole rings is 1. The molecule has 2 heterocycles. The van der Waals surface area contributed by atoms with E-state index in [1.54, 1.807) is 7.05 Å². The standard InChI is InChI=1S/C15H24F3N5S.HI/c1-11-4-3-6-23(9-11)7-5-20-14(19-2)21-8-13-22-12(10-24-13)15(16,17)18;/h10-11H,3-9H2,1-2H3,(H2,19,20,21);1H. The van der Waals surface area contributed by atoms with Gasteiger partial charge in [-0.05, 0) is 25.3 Å². The highest BCUT2D eigenvalue weighted by Gasteiger charge is 2.33. The molecule has 1 aliphatic rings. The molecule has 144 valence electrons. The summed E-state index contributed by atoms with van der Waals surface area (Å²) in [6.45, 7) is 6.41. The van der Waals surface area contributed by atoms with Crippen molar-refractivity contribution in [2.75, 3.05) is 33.2 Å². The van der Waals surface area contributed by atoms with Gasteiger partial charge in [-0.25, -0.2) is 4.98 Å². The van der Waals surface area contributed by atoms with E-state index in [0.717, 1.165) is 48.8 Å². The first-order valence-electron chi connectivity index (χ1n) is 8.07. The van der Waals surface area contributed by atoms with Crippen molar-refractivity contribution in [1.82, 2.24) is 20.5 Å². The Balaban J connectivity index is 0.00000312. The third-order valence-corrected chi connectivity index (χ3v) is 4.78. The van der Waals surface area contributed by atoms with E-state index in [4.69, 9.17) is 0 Å². The summed E-state index contributed by atoms with van der Waals surface area (Å²) in [5, 5.41) is 7.61. The molecule has 0 radical (unpaired) electrons. The minimum atomic E-state index is -4.39. The molecule has 0 bridgehead atoms. The van der Waals surface area contributed by atoms with E-state index in [2.05, 4.69) is 32.4 Å². The van der Waals surface area contributed by atoms with E-state index in [1.165, 1.54) is 12.8 Å². The number of nitrogens with one attached hydrogen (secondary N) is 2. The van der Waals surface area contributed by atoms with Crippen LogP contribution in [-0.2, 0) is 12.7 Å². The number of guanidine groups is 1. The molecule has 1 saturated heterocycles. The summed E-state index contributed by atoms with van der Waals surface area (Å²) >= 11 is 0.991. The number of halogens is 4. The zero-order chi connectivity index (χ0) is 17.6. The van der Waals surface area contributed by atoms with Gasteiger partial charge in [0.25, 0.3) is 0 Å². The Kier molecular flexibility index (Phi) is 9.43. The molecule has 0 amide bonds. The maximum atomic E-state index is 12.5. The van der Waals surface area contributed by atoms with E-state index < -0.39 is 11.9 Å². The highest BCUT2D eigenvalue weighted by molar-refractivity contribution is 14.0. The molecule has 1 unspecified atom stereocenters. The number of likely N-dealkylation sites (tertiary alicyclic amines) is 1. The van der Waals surface area contributed by atoms with Gasteiger partial charge in [0, 0.05) is 32.1 Å². The van der Waals surface area contributed by atoms with Crippen LogP contribution in [0.1, 0.15) is 30.5 Å². The molecule has 0 aliphatic carbocycles. The lowest BCUT2D eigenvalue weighted by Crippen LogP contribution is -2.43. The van der Waals surface area contributed by atoms with Crippen molar-refractivity contribution < 1.29 is 13.2 Å². The molecule has 25 heavy (non-hydrogen) atoms. The molecule has 5 nitrogen and oxygen atoms in total. The number of hydrogen-bond donors (Lipinski definition) is 2. The topological polar surface area (TPSA) is 52.6 Å². The highest BCUT2D eigenvalue weighted by Crippen LogP contribution is 2.29. The largest absolute Gasteiger partial charge is 0.434 e. The zero-order valence-electron chi connectivity index (χ0n) is 14.4. The third kappa shape index (κ3) is 7.65. The fourth-order valence-corrected chi connectivity index (χ4v) is 3.47. The lowest BCUT2D eigenvalue weighted by atomic mass is 10.0. The smallest absolute Gasteiger partial charge is 0.355 e. The molecule has 10 heteroatoms. The van der Waals surface area contributed by atoms with Gasteiger partial charge in [0.1, 0.15) is 5.01 Å². The molecular formula is C15H25F3IN5S. The first-order valence-corrected chi connectivity index (χ1v) is 8.95. The molecule has 0 saturated carbocycles. The van der Waals surface area contributed by atoms with E-state index in [1.807, 2.05) is 0 Å². The minimum Gasteiger partial charge on any atom is -0.355 e. The van der Waals surface area contributed by atoms with Gasteiger partial charge >= 0.3 is 6.18 Å². The molecule has 1 aliphatic heterocycles. The second-order valence-corrected chi connectivity index (χ2v) is 6.97. The van der Waals surface area contributed by atoms with Crippen molar-refractivity contribution in [3.8, 4) is 0 Å². The van der Waals surface area contributed by atoms with Crippen LogP contribution in [0.3, 0.4) is 0 Å². The van der Waals surface area contributed by atoms with E-state index in [0.29, 0.717) is 11.0 Å². The van der Waals surface area contributed by atoms with Gasteiger partial charge in [0.2, 0.25) is 0 Å². The van der Waals surface area contributed by atoms with E-state index >= 15 is 0 Å². The first-order chi connectivity index (χ1) is 11.4. The van der Waals surface area contributed by atoms with Crippen molar-refractivity contribution in [3.05, 3.63) is 16.1 Å². The third-order valence-electron chi connectivity index (χ3n) is 3.93. The van der Waals surface area contributed by atoms with Crippen molar-refractivity contribution in [2.45, 2.75) is 32.5 Å². The lowest BCUT2D eigenvalue weighted by Gasteiger charge is -2.30. The predicted molar refractivity (Wildman–Crippen MR) is 106 cm³/mol. The van der Waals surface area contributed by atoms with Gasteiger partial charge in [-0.1, -0.05) is 6.92 Å². The van der Waals surface area contributed by atoms with Crippen LogP contribution in [0.5, 0.6) is 0 Å². The maximum absolute atomic E-state index is 12.5. The van der Waals surface area contributed by atoms with Crippen LogP contribution in [-0.4, -0.2) is 49.1 Å². The van der Waals surface area contributed by atoms with Crippen LogP contribution in [0, 0.1) is 5.92 Å². The summed E-state index contributed by atoms with van der Waals surface area (Å²) in [6, 6.07) is 0. The molecule has 1 atom stereocenters. The Bertz CT molecular complexity index is 550. The van der Waals surface area contributed by atoms with Gasteiger partial charge in [0.05, 0.1) is 6.54 Å². The summed E-state index contributed by atoms with van der Waals surface area (Å²) in [4.78, 5) is 10.1. The number of nitrogens with zero attached hydrogens (tertiary/aromatic N) is 3. The molecule has 0 spiro atoms. The lowest BCUT2D eigenvalue weighted by molar-refractivity contribution is -0.140. The highest BCUT2D eigenvalue weighted by atomic mass is 127. The first kappa shape index (κ1) is 22.4. The Morgan fingerprint density at radius 2 is 2.20 bits per heavy atom. The Morgan fingerprint density at radius 1 is 1.44 bits per heavy atom. The SMILES string of the molecule is CN=C(NCCN1CCCC(C)C1)NCc1nc(C(F)(F)F)cs1.I. The fraction of sp³-hybridized carbons (Fsp3) is 0.733.